The minimum Gasteiger partial charge on any atom is -0.368 e. The van der Waals surface area contributed by atoms with Crippen molar-refractivity contribution in [2.24, 2.45) is 5.73 Å². The highest BCUT2D eigenvalue weighted by Gasteiger charge is 2.11. The van der Waals surface area contributed by atoms with Crippen molar-refractivity contribution in [3.8, 4) is 0 Å². The molecule has 0 aliphatic rings. The van der Waals surface area contributed by atoms with E-state index in [-0.39, 0.29) is 0 Å². The van der Waals surface area contributed by atoms with E-state index >= 15 is 0 Å². The van der Waals surface area contributed by atoms with Gasteiger partial charge >= 0.3 is 0 Å². The Morgan fingerprint density at radius 3 is 2.94 bits per heavy atom. The molecule has 1 aromatic heterocycles. The van der Waals surface area contributed by atoms with Gasteiger partial charge in [-0.1, -0.05) is 17.7 Å². The Kier molecular flexibility index (Phi) is 4.58. The van der Waals surface area contributed by atoms with Crippen molar-refractivity contribution < 1.29 is 0 Å². The number of anilines is 1. The Bertz CT molecular complexity index is 499. The zero-order valence-corrected chi connectivity index (χ0v) is 11.8. The summed E-state index contributed by atoms with van der Waals surface area (Å²) in [5.74, 6) is 0. The molecular formula is C13H16ClN3S. The summed E-state index contributed by atoms with van der Waals surface area (Å²) in [6.07, 6.45) is 0.788. The maximum atomic E-state index is 6.24. The topological polar surface area (TPSA) is 42.2 Å². The number of nitrogens with zero attached hydrogens (tertiary/aromatic N) is 2. The van der Waals surface area contributed by atoms with Crippen LogP contribution in [0.2, 0.25) is 5.02 Å². The monoisotopic (exact) mass is 281 g/mol. The second-order valence-electron chi connectivity index (χ2n) is 4.11. The third kappa shape index (κ3) is 3.02. The molecule has 0 aliphatic carbocycles. The highest BCUT2D eigenvalue weighted by Crippen LogP contribution is 2.28. The molecule has 0 amide bonds. The molecule has 2 aromatic rings. The van der Waals surface area contributed by atoms with Crippen molar-refractivity contribution in [2.75, 3.05) is 18.5 Å². The van der Waals surface area contributed by atoms with Gasteiger partial charge < -0.3 is 10.6 Å². The van der Waals surface area contributed by atoms with E-state index in [1.165, 1.54) is 0 Å². The van der Waals surface area contributed by atoms with E-state index in [2.05, 4.69) is 21.3 Å². The van der Waals surface area contributed by atoms with Crippen molar-refractivity contribution in [2.45, 2.75) is 13.0 Å². The lowest BCUT2D eigenvalue weighted by atomic mass is 10.1. The summed E-state index contributed by atoms with van der Waals surface area (Å²) < 4.78 is 0. The summed E-state index contributed by atoms with van der Waals surface area (Å²) in [6, 6.07) is 5.95. The minimum atomic E-state index is 0.598. The van der Waals surface area contributed by atoms with Crippen LogP contribution in [0.15, 0.2) is 29.1 Å². The number of rotatable bonds is 5. The van der Waals surface area contributed by atoms with Crippen LogP contribution in [0.25, 0.3) is 0 Å². The number of benzene rings is 1. The smallest absolute Gasteiger partial charge is 0.0795 e. The van der Waals surface area contributed by atoms with Gasteiger partial charge in [-0.25, -0.2) is 4.98 Å². The molecule has 5 heteroatoms. The van der Waals surface area contributed by atoms with E-state index in [4.69, 9.17) is 17.3 Å². The lowest BCUT2D eigenvalue weighted by Gasteiger charge is -2.22. The second kappa shape index (κ2) is 6.18. The van der Waals surface area contributed by atoms with Gasteiger partial charge in [0.25, 0.3) is 0 Å². The van der Waals surface area contributed by atoms with Gasteiger partial charge in [-0.3, -0.25) is 0 Å². The molecule has 0 atom stereocenters. The highest BCUT2D eigenvalue weighted by atomic mass is 35.5. The first kappa shape index (κ1) is 13.3. The highest BCUT2D eigenvalue weighted by molar-refractivity contribution is 7.07. The molecule has 96 valence electrons. The second-order valence-corrected chi connectivity index (χ2v) is 5.24. The Hall–Kier alpha value is -1.10. The largest absolute Gasteiger partial charge is 0.368 e. The Morgan fingerprint density at radius 2 is 2.28 bits per heavy atom. The summed E-state index contributed by atoms with van der Waals surface area (Å²) in [7, 11) is 2.05. The summed E-state index contributed by atoms with van der Waals surface area (Å²) >= 11 is 7.85. The van der Waals surface area contributed by atoms with Crippen molar-refractivity contribution in [1.29, 1.82) is 0 Å². The third-order valence-corrected chi connectivity index (χ3v) is 3.77. The number of hydrogen-bond donors (Lipinski definition) is 1. The molecule has 0 fully saturated rings. The van der Waals surface area contributed by atoms with Crippen molar-refractivity contribution in [3.63, 3.8) is 0 Å². The first-order valence-corrected chi connectivity index (χ1v) is 7.10. The molecule has 2 rings (SSSR count). The van der Waals surface area contributed by atoms with Gasteiger partial charge in [-0.15, -0.1) is 11.3 Å². The Balaban J connectivity index is 2.23. The molecule has 0 spiro atoms. The predicted molar refractivity (Wildman–Crippen MR) is 78.4 cm³/mol. The van der Waals surface area contributed by atoms with E-state index in [0.29, 0.717) is 6.54 Å². The van der Waals surface area contributed by atoms with Crippen LogP contribution in [-0.2, 0) is 13.0 Å². The van der Waals surface area contributed by atoms with Crippen LogP contribution in [-0.4, -0.2) is 18.6 Å². The number of thiazole rings is 1. The molecule has 0 unspecified atom stereocenters. The number of halogens is 1. The molecule has 2 N–H and O–H groups in total. The Labute approximate surface area is 116 Å². The summed E-state index contributed by atoms with van der Waals surface area (Å²) in [6.45, 7) is 1.38. The van der Waals surface area contributed by atoms with Crippen LogP contribution in [0.5, 0.6) is 0 Å². The van der Waals surface area contributed by atoms with Gasteiger partial charge in [-0.2, -0.15) is 0 Å². The first-order chi connectivity index (χ1) is 8.72. The molecule has 1 aromatic carbocycles. The van der Waals surface area contributed by atoms with Crippen molar-refractivity contribution >= 4 is 28.6 Å². The molecule has 0 saturated heterocycles. The zero-order chi connectivity index (χ0) is 13.0. The quantitative estimate of drug-likeness (QED) is 0.916. The van der Waals surface area contributed by atoms with Crippen LogP contribution < -0.4 is 10.6 Å². The van der Waals surface area contributed by atoms with Gasteiger partial charge in [0.1, 0.15) is 0 Å². The molecule has 3 nitrogen and oxygen atoms in total. The first-order valence-electron chi connectivity index (χ1n) is 5.78. The fourth-order valence-corrected chi connectivity index (χ4v) is 2.75. The summed E-state index contributed by atoms with van der Waals surface area (Å²) in [5, 5.41) is 2.84. The molecule has 18 heavy (non-hydrogen) atoms. The predicted octanol–water partition coefficient (Wildman–Crippen LogP) is 2.93. The Morgan fingerprint density at radius 1 is 1.44 bits per heavy atom. The maximum absolute atomic E-state index is 6.24. The fourth-order valence-electron chi connectivity index (χ4n) is 1.94. The van der Waals surface area contributed by atoms with Crippen LogP contribution >= 0.6 is 22.9 Å². The van der Waals surface area contributed by atoms with E-state index in [1.54, 1.807) is 11.3 Å². The van der Waals surface area contributed by atoms with Gasteiger partial charge in [-0.05, 0) is 30.7 Å². The average Bonchev–Trinajstić information content (AvgIpc) is 2.84. The fraction of sp³-hybridized carbons (Fsp3) is 0.308. The molecular weight excluding hydrogens is 266 g/mol. The van der Waals surface area contributed by atoms with Gasteiger partial charge in [0.05, 0.1) is 17.7 Å². The third-order valence-electron chi connectivity index (χ3n) is 2.78. The molecule has 0 bridgehead atoms. The number of nitrogens with two attached hydrogens (primary N) is 1. The number of hydrogen-bond acceptors (Lipinski definition) is 4. The van der Waals surface area contributed by atoms with E-state index in [0.717, 1.165) is 34.9 Å². The average molecular weight is 282 g/mol. The SMILES string of the molecule is CN(Cc1cscn1)c1cccc(Cl)c1CCN. The lowest BCUT2D eigenvalue weighted by Crippen LogP contribution is -2.19. The van der Waals surface area contributed by atoms with Crippen LogP contribution in [0.4, 0.5) is 5.69 Å². The zero-order valence-electron chi connectivity index (χ0n) is 10.3. The van der Waals surface area contributed by atoms with Crippen molar-refractivity contribution in [3.05, 3.63) is 45.4 Å². The van der Waals surface area contributed by atoms with Gasteiger partial charge in [0, 0.05) is 23.1 Å². The molecule has 0 radical (unpaired) electrons. The van der Waals surface area contributed by atoms with Crippen LogP contribution in [0.1, 0.15) is 11.3 Å². The standard InChI is InChI=1S/C13H16ClN3S/c1-17(7-10-8-18-9-16-10)13-4-2-3-12(14)11(13)5-6-15/h2-4,8-9H,5-7,15H2,1H3. The van der Waals surface area contributed by atoms with E-state index < -0.39 is 0 Å². The van der Waals surface area contributed by atoms with Gasteiger partial charge in [0.15, 0.2) is 0 Å². The van der Waals surface area contributed by atoms with Crippen LogP contribution in [0, 0.1) is 0 Å². The van der Waals surface area contributed by atoms with E-state index in [1.807, 2.05) is 24.7 Å². The van der Waals surface area contributed by atoms with Gasteiger partial charge in [0.2, 0.25) is 0 Å². The molecule has 1 heterocycles. The van der Waals surface area contributed by atoms with Crippen molar-refractivity contribution in [1.82, 2.24) is 4.98 Å². The minimum absolute atomic E-state index is 0.598. The normalized spacial score (nSPS) is 10.6. The maximum Gasteiger partial charge on any atom is 0.0795 e. The number of aromatic nitrogens is 1. The summed E-state index contributed by atoms with van der Waals surface area (Å²) in [4.78, 5) is 6.46. The van der Waals surface area contributed by atoms with Crippen LogP contribution in [0.3, 0.4) is 0 Å². The summed E-state index contributed by atoms with van der Waals surface area (Å²) in [5.41, 5.74) is 10.8. The molecule has 0 saturated carbocycles. The van der Waals surface area contributed by atoms with E-state index in [9.17, 15) is 0 Å². The lowest BCUT2D eigenvalue weighted by molar-refractivity contribution is 0.873. The molecule has 0 aliphatic heterocycles.